The maximum Gasteiger partial charge on any atom is 0.304 e. The van der Waals surface area contributed by atoms with Crippen LogP contribution in [0.3, 0.4) is 0 Å². The Morgan fingerprint density at radius 1 is 1.25 bits per heavy atom. The third-order valence-electron chi connectivity index (χ3n) is 7.90. The maximum atomic E-state index is 13.0. The van der Waals surface area contributed by atoms with Crippen LogP contribution in [0.1, 0.15) is 114 Å². The van der Waals surface area contributed by atoms with Gasteiger partial charge in [-0.15, -0.1) is 0 Å². The van der Waals surface area contributed by atoms with Crippen LogP contribution in [0.4, 0.5) is 0 Å². The van der Waals surface area contributed by atoms with Gasteiger partial charge in [-0.3, -0.25) is 9.59 Å². The van der Waals surface area contributed by atoms with E-state index in [4.69, 9.17) is 4.52 Å². The van der Waals surface area contributed by atoms with E-state index in [-0.39, 0.29) is 30.1 Å². The van der Waals surface area contributed by atoms with E-state index in [1.807, 2.05) is 25.4 Å². The van der Waals surface area contributed by atoms with Gasteiger partial charge < -0.3 is 19.9 Å². The molecule has 1 amide bonds. The molecule has 0 radical (unpaired) electrons. The zero-order valence-corrected chi connectivity index (χ0v) is 22.3. The molecule has 1 aromatic heterocycles. The molecule has 3 aliphatic rings. The van der Waals surface area contributed by atoms with Crippen molar-refractivity contribution in [3.8, 4) is 0 Å². The molecule has 7 heteroatoms. The monoisotopic (exact) mass is 495 g/mol. The number of amides is 1. The number of allylic oxidation sites excluding steroid dienone is 4. The van der Waals surface area contributed by atoms with Gasteiger partial charge >= 0.3 is 5.97 Å². The lowest BCUT2D eigenvalue weighted by Crippen LogP contribution is -2.29. The number of carbonyl (C=O) groups is 2. The highest BCUT2D eigenvalue weighted by atomic mass is 16.5. The fourth-order valence-corrected chi connectivity index (χ4v) is 6.09. The largest absolute Gasteiger partial charge is 0.481 e. The molecule has 36 heavy (non-hydrogen) atoms. The lowest BCUT2D eigenvalue weighted by molar-refractivity contribution is -0.137. The summed E-state index contributed by atoms with van der Waals surface area (Å²) in [5.41, 5.74) is 4.04. The first-order valence-corrected chi connectivity index (χ1v) is 13.4. The zero-order chi connectivity index (χ0) is 26.0. The first-order valence-electron chi connectivity index (χ1n) is 13.4. The van der Waals surface area contributed by atoms with Gasteiger partial charge in [-0.25, -0.2) is 0 Å². The third kappa shape index (κ3) is 6.34. The molecule has 1 aromatic rings. The van der Waals surface area contributed by atoms with Crippen LogP contribution in [0.25, 0.3) is 0 Å². The summed E-state index contributed by atoms with van der Waals surface area (Å²) in [5, 5.41) is 17.1. The Balaban J connectivity index is 1.48. The molecule has 2 atom stereocenters. The fraction of sp³-hybridized carbons (Fsp3) is 0.655. The highest BCUT2D eigenvalue weighted by Gasteiger charge is 2.43. The molecule has 3 aliphatic carbocycles. The predicted octanol–water partition coefficient (Wildman–Crippen LogP) is 6.10. The van der Waals surface area contributed by atoms with Crippen molar-refractivity contribution in [3.63, 3.8) is 0 Å². The quantitative estimate of drug-likeness (QED) is 0.361. The van der Waals surface area contributed by atoms with Gasteiger partial charge in [0.25, 0.3) is 0 Å². The molecule has 0 bridgehead atoms. The van der Waals surface area contributed by atoms with Gasteiger partial charge in [-0.2, -0.15) is 0 Å². The van der Waals surface area contributed by atoms with E-state index in [9.17, 15) is 14.7 Å². The highest BCUT2D eigenvalue weighted by Crippen LogP contribution is 2.53. The second-order valence-electron chi connectivity index (χ2n) is 12.0. The van der Waals surface area contributed by atoms with Gasteiger partial charge in [0.15, 0.2) is 0 Å². The number of aliphatic imine (C=N–C) groups is 1. The Hall–Kier alpha value is -2.70. The lowest BCUT2D eigenvalue weighted by atomic mass is 9.66. The van der Waals surface area contributed by atoms with Crippen molar-refractivity contribution in [2.24, 2.45) is 22.2 Å². The van der Waals surface area contributed by atoms with Crippen LogP contribution in [-0.2, 0) is 9.59 Å². The molecular weight excluding hydrogens is 454 g/mol. The van der Waals surface area contributed by atoms with Gasteiger partial charge in [0.1, 0.15) is 5.76 Å². The number of carboxylic acids is 1. The first-order chi connectivity index (χ1) is 17.1. The van der Waals surface area contributed by atoms with E-state index in [1.165, 1.54) is 5.57 Å². The highest BCUT2D eigenvalue weighted by molar-refractivity contribution is 5.80. The summed E-state index contributed by atoms with van der Waals surface area (Å²) in [6, 6.07) is 0. The standard InChI is InChI=1S/C29H41N3O4/c1-17-6-9-23(18(2)10-17)31-24(33)13-21(14-25(34)35)27-26(20-7-8-20)28(36-32-27)22-11-19(12-22)15-29(3,4)16-30-5/h6,9,16,18-22H,7-8,10-15H2,1-5H3,(H,31,33)(H,34,35)/b30-16-. The number of hydrogen-bond acceptors (Lipinski definition) is 5. The molecule has 1 heterocycles. The van der Waals surface area contributed by atoms with Gasteiger partial charge in [0, 0.05) is 42.8 Å². The van der Waals surface area contributed by atoms with Gasteiger partial charge in [0.05, 0.1) is 12.1 Å². The van der Waals surface area contributed by atoms with E-state index in [1.54, 1.807) is 0 Å². The second kappa shape index (κ2) is 10.7. The van der Waals surface area contributed by atoms with E-state index in [0.29, 0.717) is 23.4 Å². The average Bonchev–Trinajstić information content (AvgIpc) is 3.50. The van der Waals surface area contributed by atoms with Crippen molar-refractivity contribution in [1.82, 2.24) is 10.5 Å². The number of rotatable bonds is 11. The van der Waals surface area contributed by atoms with Crippen LogP contribution in [0.2, 0.25) is 0 Å². The number of aliphatic carboxylic acids is 1. The topological polar surface area (TPSA) is 105 Å². The van der Waals surface area contributed by atoms with Crippen LogP contribution < -0.4 is 5.32 Å². The Kier molecular flexibility index (Phi) is 7.86. The molecule has 7 nitrogen and oxygen atoms in total. The molecule has 0 aliphatic heterocycles. The van der Waals surface area contributed by atoms with Crippen LogP contribution in [-0.4, -0.2) is 35.4 Å². The van der Waals surface area contributed by atoms with Crippen molar-refractivity contribution in [1.29, 1.82) is 0 Å². The minimum Gasteiger partial charge on any atom is -0.481 e. The summed E-state index contributed by atoms with van der Waals surface area (Å²) in [7, 11) is 1.82. The van der Waals surface area contributed by atoms with Crippen LogP contribution >= 0.6 is 0 Å². The van der Waals surface area contributed by atoms with E-state index >= 15 is 0 Å². The van der Waals surface area contributed by atoms with E-state index < -0.39 is 11.9 Å². The van der Waals surface area contributed by atoms with Crippen LogP contribution in [0.5, 0.6) is 0 Å². The number of hydrogen-bond donors (Lipinski definition) is 2. The van der Waals surface area contributed by atoms with Gasteiger partial charge in [0.2, 0.25) is 5.91 Å². The molecule has 4 rings (SSSR count). The summed E-state index contributed by atoms with van der Waals surface area (Å²) in [5.74, 6) is 0.897. The Labute approximate surface area is 214 Å². The van der Waals surface area contributed by atoms with Crippen molar-refractivity contribution >= 4 is 18.1 Å². The second-order valence-corrected chi connectivity index (χ2v) is 12.0. The lowest BCUT2D eigenvalue weighted by Gasteiger charge is -2.38. The van der Waals surface area contributed by atoms with E-state index in [2.05, 4.69) is 43.2 Å². The molecule has 2 fully saturated rings. The van der Waals surface area contributed by atoms with E-state index in [0.717, 1.165) is 55.5 Å². The predicted molar refractivity (Wildman–Crippen MR) is 140 cm³/mol. The Bertz CT molecular complexity index is 1070. The minimum absolute atomic E-state index is 0.0794. The van der Waals surface area contributed by atoms with Gasteiger partial charge in [-0.05, 0) is 74.7 Å². The molecule has 196 valence electrons. The average molecular weight is 496 g/mol. The third-order valence-corrected chi connectivity index (χ3v) is 7.90. The SMILES string of the molecule is C/N=C\C(C)(C)CC1CC(c2onc(C(CC(=O)O)CC(=O)NC3=CC=C(C)CC3C)c2C2CC2)C1. The molecule has 0 spiro atoms. The summed E-state index contributed by atoms with van der Waals surface area (Å²) in [6.45, 7) is 8.62. The fourth-order valence-electron chi connectivity index (χ4n) is 6.09. The summed E-state index contributed by atoms with van der Waals surface area (Å²) >= 11 is 0. The Morgan fingerprint density at radius 2 is 1.97 bits per heavy atom. The smallest absolute Gasteiger partial charge is 0.304 e. The van der Waals surface area contributed by atoms with Crippen molar-refractivity contribution in [2.75, 3.05) is 7.05 Å². The van der Waals surface area contributed by atoms with Crippen molar-refractivity contribution in [2.45, 2.75) is 96.8 Å². The number of carboxylic acid groups (broad SMARTS) is 1. The number of nitrogens with zero attached hydrogens (tertiary/aromatic N) is 2. The summed E-state index contributed by atoms with van der Waals surface area (Å²) in [6.07, 6.45) is 12.2. The summed E-state index contributed by atoms with van der Waals surface area (Å²) in [4.78, 5) is 29.0. The normalized spacial score (nSPS) is 25.2. The first kappa shape index (κ1) is 26.4. The van der Waals surface area contributed by atoms with Crippen LogP contribution in [0, 0.1) is 17.3 Å². The zero-order valence-electron chi connectivity index (χ0n) is 22.3. The summed E-state index contributed by atoms with van der Waals surface area (Å²) < 4.78 is 5.93. The van der Waals surface area contributed by atoms with Crippen molar-refractivity contribution < 1.29 is 19.2 Å². The number of nitrogens with one attached hydrogen (secondary N) is 1. The maximum absolute atomic E-state index is 13.0. The molecule has 0 aromatic carbocycles. The minimum atomic E-state index is -0.925. The molecule has 2 N–H and O–H groups in total. The van der Waals surface area contributed by atoms with Gasteiger partial charge in [-0.1, -0.05) is 37.6 Å². The number of aromatic nitrogens is 1. The molecule has 2 saturated carbocycles. The number of carbonyl (C=O) groups excluding carboxylic acids is 1. The molecule has 2 unspecified atom stereocenters. The van der Waals surface area contributed by atoms with Crippen molar-refractivity contribution in [3.05, 3.63) is 40.4 Å². The molecular formula is C29H41N3O4. The molecule has 0 saturated heterocycles. The van der Waals surface area contributed by atoms with Crippen LogP contribution in [0.15, 0.2) is 32.9 Å². The Morgan fingerprint density at radius 3 is 2.58 bits per heavy atom.